The molecule has 0 radical (unpaired) electrons. The minimum absolute atomic E-state index is 0.460. The molecule has 0 amide bonds. The van der Waals surface area contributed by atoms with Gasteiger partial charge in [-0.3, -0.25) is 0 Å². The maximum absolute atomic E-state index is 5.95. The minimum atomic E-state index is 0.460. The first kappa shape index (κ1) is 13.5. The smallest absolute Gasteiger partial charge is 0.112 e. The minimum Gasteiger partial charge on any atom is -0.397 e. The van der Waals surface area contributed by atoms with Gasteiger partial charge in [0.15, 0.2) is 0 Å². The highest BCUT2D eigenvalue weighted by atomic mass is 35.5. The van der Waals surface area contributed by atoms with Gasteiger partial charge in [0.2, 0.25) is 0 Å². The van der Waals surface area contributed by atoms with Crippen LogP contribution in [-0.4, -0.2) is 4.98 Å². The first-order valence-corrected chi connectivity index (χ1v) is 7.09. The summed E-state index contributed by atoms with van der Waals surface area (Å²) in [6.45, 7) is 2.74. The standard InChI is InChI=1S/C12H13Cl2N3S/c1-2-7-5-17-12(18-7)6-16-11-4-9(14)8(13)3-10(11)15/h3-5,16H,2,6,15H2,1H3. The average molecular weight is 302 g/mol. The highest BCUT2D eigenvalue weighted by Gasteiger charge is 2.06. The Morgan fingerprint density at radius 3 is 2.72 bits per heavy atom. The summed E-state index contributed by atoms with van der Waals surface area (Å²) in [6, 6.07) is 3.37. The number of halogens is 2. The molecule has 0 aliphatic rings. The van der Waals surface area contributed by atoms with E-state index in [2.05, 4.69) is 17.2 Å². The van der Waals surface area contributed by atoms with Crippen molar-refractivity contribution in [3.63, 3.8) is 0 Å². The van der Waals surface area contributed by atoms with Crippen LogP contribution in [0.4, 0.5) is 11.4 Å². The number of nitrogen functional groups attached to an aromatic ring is 1. The van der Waals surface area contributed by atoms with Gasteiger partial charge in [0.25, 0.3) is 0 Å². The van der Waals surface area contributed by atoms with E-state index in [-0.39, 0.29) is 0 Å². The molecule has 18 heavy (non-hydrogen) atoms. The van der Waals surface area contributed by atoms with Crippen molar-refractivity contribution < 1.29 is 0 Å². The van der Waals surface area contributed by atoms with Crippen LogP contribution in [-0.2, 0) is 13.0 Å². The highest BCUT2D eigenvalue weighted by molar-refractivity contribution is 7.11. The van der Waals surface area contributed by atoms with Gasteiger partial charge in [-0.05, 0) is 18.6 Å². The quantitative estimate of drug-likeness (QED) is 0.832. The van der Waals surface area contributed by atoms with E-state index >= 15 is 0 Å². The second kappa shape index (κ2) is 5.78. The SMILES string of the molecule is CCc1cnc(CNc2cc(Cl)c(Cl)cc2N)s1. The van der Waals surface area contributed by atoms with E-state index in [1.807, 2.05) is 6.20 Å². The van der Waals surface area contributed by atoms with Crippen LogP contribution in [0.25, 0.3) is 0 Å². The Labute approximate surface area is 120 Å². The number of anilines is 2. The topological polar surface area (TPSA) is 50.9 Å². The summed E-state index contributed by atoms with van der Waals surface area (Å²) >= 11 is 13.5. The Morgan fingerprint density at radius 2 is 2.06 bits per heavy atom. The Balaban J connectivity index is 2.08. The second-order valence-electron chi connectivity index (χ2n) is 3.78. The number of hydrogen-bond donors (Lipinski definition) is 2. The van der Waals surface area contributed by atoms with Crippen molar-refractivity contribution in [1.29, 1.82) is 0 Å². The molecule has 0 spiro atoms. The van der Waals surface area contributed by atoms with Gasteiger partial charge < -0.3 is 11.1 Å². The zero-order valence-electron chi connectivity index (χ0n) is 9.84. The van der Waals surface area contributed by atoms with Crippen LogP contribution >= 0.6 is 34.5 Å². The second-order valence-corrected chi connectivity index (χ2v) is 5.80. The van der Waals surface area contributed by atoms with Gasteiger partial charge in [-0.1, -0.05) is 30.1 Å². The number of benzene rings is 1. The summed E-state index contributed by atoms with van der Waals surface area (Å²) in [5.74, 6) is 0. The Morgan fingerprint density at radius 1 is 1.33 bits per heavy atom. The molecule has 0 saturated heterocycles. The fraction of sp³-hybridized carbons (Fsp3) is 0.250. The van der Waals surface area contributed by atoms with Gasteiger partial charge in [0.1, 0.15) is 5.01 Å². The third-order valence-corrected chi connectivity index (χ3v) is 4.34. The molecule has 0 atom stereocenters. The van der Waals surface area contributed by atoms with Crippen molar-refractivity contribution in [1.82, 2.24) is 4.98 Å². The molecule has 96 valence electrons. The molecule has 0 saturated carbocycles. The molecule has 3 N–H and O–H groups in total. The van der Waals surface area contributed by atoms with Crippen molar-refractivity contribution in [2.45, 2.75) is 19.9 Å². The number of aryl methyl sites for hydroxylation is 1. The van der Waals surface area contributed by atoms with Crippen molar-refractivity contribution in [3.05, 3.63) is 38.3 Å². The van der Waals surface area contributed by atoms with E-state index in [0.717, 1.165) is 17.1 Å². The predicted molar refractivity (Wildman–Crippen MR) is 79.7 cm³/mol. The monoisotopic (exact) mass is 301 g/mol. The van der Waals surface area contributed by atoms with Crippen LogP contribution in [0, 0.1) is 0 Å². The zero-order chi connectivity index (χ0) is 13.1. The largest absolute Gasteiger partial charge is 0.397 e. The maximum atomic E-state index is 5.95. The third kappa shape index (κ3) is 3.07. The van der Waals surface area contributed by atoms with Gasteiger partial charge in [-0.15, -0.1) is 11.3 Å². The van der Waals surface area contributed by atoms with E-state index in [1.54, 1.807) is 23.5 Å². The van der Waals surface area contributed by atoms with Crippen LogP contribution in [0.1, 0.15) is 16.8 Å². The first-order valence-electron chi connectivity index (χ1n) is 5.52. The molecule has 0 fully saturated rings. The molecule has 1 heterocycles. The van der Waals surface area contributed by atoms with Crippen molar-refractivity contribution in [3.8, 4) is 0 Å². The van der Waals surface area contributed by atoms with E-state index in [4.69, 9.17) is 28.9 Å². The maximum Gasteiger partial charge on any atom is 0.112 e. The molecule has 0 aliphatic carbocycles. The number of thiazole rings is 1. The number of rotatable bonds is 4. The molecular weight excluding hydrogens is 289 g/mol. The van der Waals surface area contributed by atoms with Gasteiger partial charge in [0, 0.05) is 11.1 Å². The Hall–Kier alpha value is -0.970. The molecule has 0 unspecified atom stereocenters. The van der Waals surface area contributed by atoms with E-state index in [9.17, 15) is 0 Å². The number of aromatic nitrogens is 1. The number of nitrogens with zero attached hydrogens (tertiary/aromatic N) is 1. The van der Waals surface area contributed by atoms with Gasteiger partial charge in [0.05, 0.1) is 28.0 Å². The van der Waals surface area contributed by atoms with Crippen LogP contribution < -0.4 is 11.1 Å². The number of hydrogen-bond acceptors (Lipinski definition) is 4. The predicted octanol–water partition coefficient (Wildman–Crippen LogP) is 4.21. The molecule has 3 nitrogen and oxygen atoms in total. The molecule has 2 aromatic rings. The lowest BCUT2D eigenvalue weighted by Gasteiger charge is -2.09. The van der Waals surface area contributed by atoms with E-state index in [1.165, 1.54) is 4.88 Å². The lowest BCUT2D eigenvalue weighted by atomic mass is 10.2. The third-order valence-electron chi connectivity index (χ3n) is 2.47. The van der Waals surface area contributed by atoms with Crippen LogP contribution in [0.3, 0.4) is 0 Å². The van der Waals surface area contributed by atoms with E-state index < -0.39 is 0 Å². The molecule has 0 aliphatic heterocycles. The fourth-order valence-corrected chi connectivity index (χ4v) is 2.62. The normalized spacial score (nSPS) is 10.6. The van der Waals surface area contributed by atoms with Gasteiger partial charge in [-0.25, -0.2) is 4.98 Å². The summed E-state index contributed by atoms with van der Waals surface area (Å²) in [4.78, 5) is 5.60. The summed E-state index contributed by atoms with van der Waals surface area (Å²) < 4.78 is 0. The van der Waals surface area contributed by atoms with Crippen molar-refractivity contribution in [2.75, 3.05) is 11.1 Å². The number of nitrogens with one attached hydrogen (secondary N) is 1. The van der Waals surface area contributed by atoms with Gasteiger partial charge >= 0.3 is 0 Å². The summed E-state index contributed by atoms with van der Waals surface area (Å²) in [6.07, 6.45) is 2.91. The highest BCUT2D eigenvalue weighted by Crippen LogP contribution is 2.31. The van der Waals surface area contributed by atoms with Crippen LogP contribution in [0.5, 0.6) is 0 Å². The van der Waals surface area contributed by atoms with Crippen molar-refractivity contribution in [2.24, 2.45) is 0 Å². The Bertz CT molecular complexity index is 554. The van der Waals surface area contributed by atoms with Crippen molar-refractivity contribution >= 4 is 45.9 Å². The molecular formula is C12H13Cl2N3S. The van der Waals surface area contributed by atoms with E-state index in [0.29, 0.717) is 22.3 Å². The van der Waals surface area contributed by atoms with Gasteiger partial charge in [-0.2, -0.15) is 0 Å². The molecule has 1 aromatic heterocycles. The Kier molecular flexibility index (Phi) is 4.32. The summed E-state index contributed by atoms with van der Waals surface area (Å²) in [5, 5.41) is 5.19. The number of nitrogens with two attached hydrogens (primary N) is 1. The fourth-order valence-electron chi connectivity index (χ4n) is 1.48. The van der Waals surface area contributed by atoms with Crippen LogP contribution in [0.15, 0.2) is 18.3 Å². The lowest BCUT2D eigenvalue weighted by Crippen LogP contribution is -2.02. The lowest BCUT2D eigenvalue weighted by molar-refractivity contribution is 1.09. The first-order chi connectivity index (χ1) is 8.60. The average Bonchev–Trinajstić information content (AvgIpc) is 2.80. The molecule has 6 heteroatoms. The summed E-state index contributed by atoms with van der Waals surface area (Å²) in [5.41, 5.74) is 7.22. The molecule has 2 rings (SSSR count). The molecule has 1 aromatic carbocycles. The van der Waals surface area contributed by atoms with Crippen LogP contribution in [0.2, 0.25) is 10.0 Å². The summed E-state index contributed by atoms with van der Waals surface area (Å²) in [7, 11) is 0. The zero-order valence-corrected chi connectivity index (χ0v) is 12.2. The molecule has 0 bridgehead atoms.